The molecule has 1 atom stereocenters. The zero-order chi connectivity index (χ0) is 19.7. The van der Waals surface area contributed by atoms with E-state index in [-0.39, 0.29) is 22.8 Å². The quantitative estimate of drug-likeness (QED) is 0.871. The third-order valence-electron chi connectivity index (χ3n) is 5.44. The van der Waals surface area contributed by atoms with Crippen molar-refractivity contribution in [2.75, 3.05) is 5.01 Å². The van der Waals surface area contributed by atoms with Crippen LogP contribution in [-0.4, -0.2) is 15.6 Å². The van der Waals surface area contributed by atoms with Crippen LogP contribution in [-0.2, 0) is 15.9 Å². The van der Waals surface area contributed by atoms with Gasteiger partial charge in [0.05, 0.1) is 5.69 Å². The number of carbonyl (C=O) groups is 1. The van der Waals surface area contributed by atoms with Gasteiger partial charge in [-0.05, 0) is 33.3 Å². The van der Waals surface area contributed by atoms with Crippen LogP contribution in [0.15, 0.2) is 36.0 Å². The van der Waals surface area contributed by atoms with Gasteiger partial charge in [-0.2, -0.15) is 5.10 Å². The lowest BCUT2D eigenvalue weighted by Crippen LogP contribution is -2.44. The standard InChI is InChI=1S/C22H28N4O/c1-13-8-10-15(11-9-13)17-16(14(2)27)12-25-20-18(17)19(21(3,4)5)23-26(20)22(6,7)24-25/h8-12,17,24H,1-7H3. The van der Waals surface area contributed by atoms with Crippen LogP contribution < -0.4 is 10.4 Å². The largest absolute Gasteiger partial charge is 0.295 e. The maximum atomic E-state index is 12.6. The van der Waals surface area contributed by atoms with E-state index in [1.54, 1.807) is 6.92 Å². The van der Waals surface area contributed by atoms with Gasteiger partial charge in [-0.15, -0.1) is 0 Å². The lowest BCUT2D eigenvalue weighted by atomic mass is 9.77. The van der Waals surface area contributed by atoms with Gasteiger partial charge >= 0.3 is 0 Å². The Morgan fingerprint density at radius 1 is 1.19 bits per heavy atom. The second-order valence-electron chi connectivity index (χ2n) is 9.27. The number of anilines is 1. The van der Waals surface area contributed by atoms with E-state index in [9.17, 15) is 4.79 Å². The predicted molar refractivity (Wildman–Crippen MR) is 108 cm³/mol. The highest BCUT2D eigenvalue weighted by Gasteiger charge is 2.46. The zero-order valence-corrected chi connectivity index (χ0v) is 17.2. The molecule has 0 saturated heterocycles. The number of ketones is 1. The molecule has 0 amide bonds. The SMILES string of the molecule is CC(=O)C1=CN2NC(C)(C)n3nc(C(C)(C)C)c(c32)C1c1ccc(C)cc1. The van der Waals surface area contributed by atoms with E-state index in [1.165, 1.54) is 5.56 Å². The van der Waals surface area contributed by atoms with Crippen molar-refractivity contribution < 1.29 is 4.79 Å². The first kappa shape index (κ1) is 18.0. The van der Waals surface area contributed by atoms with Crippen LogP contribution in [0.5, 0.6) is 0 Å². The number of rotatable bonds is 2. The summed E-state index contributed by atoms with van der Waals surface area (Å²) in [4.78, 5) is 12.6. The van der Waals surface area contributed by atoms with Crippen molar-refractivity contribution in [2.24, 2.45) is 0 Å². The van der Waals surface area contributed by atoms with Crippen molar-refractivity contribution >= 4 is 11.6 Å². The van der Waals surface area contributed by atoms with E-state index < -0.39 is 0 Å². The third kappa shape index (κ3) is 2.64. The van der Waals surface area contributed by atoms with Crippen molar-refractivity contribution in [1.29, 1.82) is 0 Å². The maximum absolute atomic E-state index is 12.6. The monoisotopic (exact) mass is 364 g/mol. The Hall–Kier alpha value is -2.40. The van der Waals surface area contributed by atoms with Gasteiger partial charge in [0, 0.05) is 28.7 Å². The van der Waals surface area contributed by atoms with Gasteiger partial charge in [-0.1, -0.05) is 50.6 Å². The molecule has 1 N–H and O–H groups in total. The van der Waals surface area contributed by atoms with Crippen LogP contribution in [0.2, 0.25) is 0 Å². The molecule has 0 fully saturated rings. The molecule has 1 aromatic carbocycles. The summed E-state index contributed by atoms with van der Waals surface area (Å²) in [6, 6.07) is 8.50. The predicted octanol–water partition coefficient (Wildman–Crippen LogP) is 4.12. The second-order valence-corrected chi connectivity index (χ2v) is 9.27. The summed E-state index contributed by atoms with van der Waals surface area (Å²) in [5.74, 6) is 1.03. The number of benzene rings is 1. The number of carbonyl (C=O) groups excluding carboxylic acids is 1. The van der Waals surface area contributed by atoms with Crippen molar-refractivity contribution in [1.82, 2.24) is 15.2 Å². The van der Waals surface area contributed by atoms with E-state index in [2.05, 4.69) is 75.9 Å². The number of aryl methyl sites for hydroxylation is 1. The molecule has 2 aromatic rings. The van der Waals surface area contributed by atoms with E-state index in [0.717, 1.165) is 28.2 Å². The average Bonchev–Trinajstić information content (AvgIpc) is 3.07. The Morgan fingerprint density at radius 2 is 1.81 bits per heavy atom. The van der Waals surface area contributed by atoms with Gasteiger partial charge < -0.3 is 0 Å². The molecule has 5 nitrogen and oxygen atoms in total. The molecule has 4 rings (SSSR count). The fourth-order valence-corrected chi connectivity index (χ4v) is 4.12. The molecule has 2 aliphatic heterocycles. The molecule has 1 unspecified atom stereocenters. The Kier molecular flexibility index (Phi) is 3.70. The molecule has 0 radical (unpaired) electrons. The van der Waals surface area contributed by atoms with Gasteiger partial charge in [0.1, 0.15) is 5.66 Å². The number of Topliss-reactive ketones (excluding diaryl/α,β-unsaturated/α-hetero) is 1. The van der Waals surface area contributed by atoms with Crippen LogP contribution in [0.3, 0.4) is 0 Å². The second kappa shape index (κ2) is 5.55. The van der Waals surface area contributed by atoms with Crippen LogP contribution in [0.1, 0.15) is 69.8 Å². The van der Waals surface area contributed by atoms with Gasteiger partial charge in [0.2, 0.25) is 0 Å². The molecule has 3 heterocycles. The van der Waals surface area contributed by atoms with Gasteiger partial charge in [-0.3, -0.25) is 9.80 Å². The minimum absolute atomic E-state index is 0.0883. The number of aromatic nitrogens is 2. The highest BCUT2D eigenvalue weighted by Crippen LogP contribution is 2.49. The lowest BCUT2D eigenvalue weighted by Gasteiger charge is -2.32. The van der Waals surface area contributed by atoms with Crippen molar-refractivity contribution in [3.63, 3.8) is 0 Å². The molecule has 0 spiro atoms. The molecule has 0 saturated carbocycles. The van der Waals surface area contributed by atoms with Crippen LogP contribution in [0.25, 0.3) is 0 Å². The molecule has 2 aliphatic rings. The van der Waals surface area contributed by atoms with E-state index in [0.29, 0.717) is 0 Å². The number of hydrogen-bond donors (Lipinski definition) is 1. The summed E-state index contributed by atoms with van der Waals surface area (Å²) in [5.41, 5.74) is 8.31. The van der Waals surface area contributed by atoms with Gasteiger partial charge in [0.25, 0.3) is 0 Å². The van der Waals surface area contributed by atoms with Crippen molar-refractivity contribution in [3.05, 3.63) is 58.4 Å². The number of nitrogens with one attached hydrogen (secondary N) is 1. The highest BCUT2D eigenvalue weighted by molar-refractivity contribution is 5.97. The number of allylic oxidation sites excluding steroid dienone is 1. The lowest BCUT2D eigenvalue weighted by molar-refractivity contribution is -0.113. The fourth-order valence-electron chi connectivity index (χ4n) is 4.12. The molecule has 142 valence electrons. The molecule has 1 aromatic heterocycles. The Labute approximate surface area is 161 Å². The first-order valence-electron chi connectivity index (χ1n) is 9.51. The molecule has 0 aliphatic carbocycles. The van der Waals surface area contributed by atoms with E-state index in [4.69, 9.17) is 5.10 Å². The maximum Gasteiger partial charge on any atom is 0.158 e. The molecular formula is C22H28N4O. The summed E-state index contributed by atoms with van der Waals surface area (Å²) in [5, 5.41) is 7.02. The fraction of sp³-hybridized carbons (Fsp3) is 0.455. The number of nitrogens with zero attached hydrogens (tertiary/aromatic N) is 3. The summed E-state index contributed by atoms with van der Waals surface area (Å²) in [7, 11) is 0. The highest BCUT2D eigenvalue weighted by atomic mass is 16.1. The Bertz CT molecular complexity index is 957. The summed E-state index contributed by atoms with van der Waals surface area (Å²) in [6.45, 7) is 14.5. The van der Waals surface area contributed by atoms with E-state index in [1.807, 2.05) is 11.2 Å². The summed E-state index contributed by atoms with van der Waals surface area (Å²) < 4.78 is 2.07. The Balaban J connectivity index is 2.04. The van der Waals surface area contributed by atoms with E-state index >= 15 is 0 Å². The van der Waals surface area contributed by atoms with Crippen LogP contribution in [0, 0.1) is 6.92 Å². The summed E-state index contributed by atoms with van der Waals surface area (Å²) in [6.07, 6.45) is 1.95. The molecule has 27 heavy (non-hydrogen) atoms. The Morgan fingerprint density at radius 3 is 2.37 bits per heavy atom. The first-order valence-corrected chi connectivity index (χ1v) is 9.51. The molecular weight excluding hydrogens is 336 g/mol. The topological polar surface area (TPSA) is 50.2 Å². The summed E-state index contributed by atoms with van der Waals surface area (Å²) >= 11 is 0. The number of hydrazine groups is 1. The van der Waals surface area contributed by atoms with Crippen molar-refractivity contribution in [2.45, 2.75) is 65.5 Å². The van der Waals surface area contributed by atoms with Crippen LogP contribution >= 0.6 is 0 Å². The first-order chi connectivity index (χ1) is 12.5. The molecule has 5 heteroatoms. The zero-order valence-electron chi connectivity index (χ0n) is 17.2. The van der Waals surface area contributed by atoms with Crippen LogP contribution in [0.4, 0.5) is 5.82 Å². The smallest absolute Gasteiger partial charge is 0.158 e. The average molecular weight is 364 g/mol. The van der Waals surface area contributed by atoms with Crippen molar-refractivity contribution in [3.8, 4) is 0 Å². The minimum atomic E-state index is -0.353. The minimum Gasteiger partial charge on any atom is -0.295 e. The third-order valence-corrected chi connectivity index (χ3v) is 5.44. The van der Waals surface area contributed by atoms with Gasteiger partial charge in [0.15, 0.2) is 11.6 Å². The van der Waals surface area contributed by atoms with Gasteiger partial charge in [-0.25, -0.2) is 10.1 Å². The normalized spacial score (nSPS) is 20.5. The molecule has 0 bridgehead atoms. The number of hydrogen-bond acceptors (Lipinski definition) is 4.